The zero-order valence-electron chi connectivity index (χ0n) is 20.1. The van der Waals surface area contributed by atoms with Crippen LogP contribution in [0.25, 0.3) is 0 Å². The van der Waals surface area contributed by atoms with Gasteiger partial charge in [-0.15, -0.1) is 0 Å². The van der Waals surface area contributed by atoms with E-state index in [1.807, 2.05) is 73.3 Å². The summed E-state index contributed by atoms with van der Waals surface area (Å²) in [5, 5.41) is 0. The number of benzene rings is 3. The number of methoxy groups -OCH3 is 1. The Labute approximate surface area is 201 Å². The Bertz CT molecular complexity index is 1110. The molecule has 0 atom stereocenters. The first-order valence-corrected chi connectivity index (χ1v) is 11.7. The summed E-state index contributed by atoms with van der Waals surface area (Å²) in [5.74, 6) is 2.46. The van der Waals surface area contributed by atoms with Gasteiger partial charge in [0.15, 0.2) is 0 Å². The van der Waals surface area contributed by atoms with E-state index < -0.39 is 0 Å². The number of rotatable bonds is 8. The van der Waals surface area contributed by atoms with Crippen LogP contribution in [0.5, 0.6) is 17.2 Å². The van der Waals surface area contributed by atoms with Gasteiger partial charge in [0.2, 0.25) is 0 Å². The van der Waals surface area contributed by atoms with Crippen molar-refractivity contribution >= 4 is 11.6 Å². The van der Waals surface area contributed by atoms with E-state index in [0.29, 0.717) is 31.9 Å². The lowest BCUT2D eigenvalue weighted by Crippen LogP contribution is -2.48. The molecule has 1 aliphatic rings. The Hall–Kier alpha value is -3.67. The molecule has 6 nitrogen and oxygen atoms in total. The molecule has 0 unspecified atom stereocenters. The van der Waals surface area contributed by atoms with Crippen LogP contribution in [0.2, 0.25) is 0 Å². The molecule has 1 amide bonds. The summed E-state index contributed by atoms with van der Waals surface area (Å²) in [4.78, 5) is 17.5. The van der Waals surface area contributed by atoms with Crippen LogP contribution < -0.4 is 19.1 Å². The van der Waals surface area contributed by atoms with Gasteiger partial charge in [0.25, 0.3) is 5.91 Å². The van der Waals surface area contributed by atoms with E-state index in [2.05, 4.69) is 17.0 Å². The number of hydrogen-bond acceptors (Lipinski definition) is 5. The van der Waals surface area contributed by atoms with E-state index in [0.717, 1.165) is 47.2 Å². The van der Waals surface area contributed by atoms with Crippen molar-refractivity contribution in [3.63, 3.8) is 0 Å². The van der Waals surface area contributed by atoms with Crippen molar-refractivity contribution in [2.45, 2.75) is 20.5 Å². The lowest BCUT2D eigenvalue weighted by atomic mass is 10.1. The summed E-state index contributed by atoms with van der Waals surface area (Å²) in [6.45, 7) is 7.79. The highest BCUT2D eigenvalue weighted by molar-refractivity contribution is 5.94. The number of ether oxygens (including phenoxy) is 3. The maximum Gasteiger partial charge on any atom is 0.253 e. The van der Waals surface area contributed by atoms with Crippen molar-refractivity contribution in [2.24, 2.45) is 0 Å². The largest absolute Gasteiger partial charge is 0.497 e. The predicted molar refractivity (Wildman–Crippen MR) is 134 cm³/mol. The smallest absolute Gasteiger partial charge is 0.253 e. The fourth-order valence-corrected chi connectivity index (χ4v) is 4.14. The molecule has 0 spiro atoms. The van der Waals surface area contributed by atoms with Crippen LogP contribution in [0.1, 0.15) is 28.4 Å². The summed E-state index contributed by atoms with van der Waals surface area (Å²) in [6, 6.07) is 21.6. The molecule has 0 aliphatic carbocycles. The second-order valence-electron chi connectivity index (χ2n) is 8.29. The van der Waals surface area contributed by atoms with Crippen molar-refractivity contribution < 1.29 is 19.0 Å². The molecule has 4 rings (SSSR count). The number of hydrogen-bond donors (Lipinski definition) is 0. The molecule has 6 heteroatoms. The minimum Gasteiger partial charge on any atom is -0.497 e. The maximum atomic E-state index is 13.3. The molecule has 0 aromatic heterocycles. The van der Waals surface area contributed by atoms with Crippen LogP contribution in [-0.4, -0.2) is 50.7 Å². The van der Waals surface area contributed by atoms with E-state index in [4.69, 9.17) is 14.2 Å². The molecule has 0 bridgehead atoms. The van der Waals surface area contributed by atoms with Crippen LogP contribution >= 0.6 is 0 Å². The molecule has 0 radical (unpaired) electrons. The van der Waals surface area contributed by atoms with Gasteiger partial charge in [-0.3, -0.25) is 4.79 Å². The Morgan fingerprint density at radius 3 is 2.29 bits per heavy atom. The van der Waals surface area contributed by atoms with Crippen LogP contribution in [0, 0.1) is 6.92 Å². The van der Waals surface area contributed by atoms with Crippen LogP contribution in [0.4, 0.5) is 5.69 Å². The second kappa shape index (κ2) is 11.0. The minimum absolute atomic E-state index is 0.0366. The van der Waals surface area contributed by atoms with E-state index in [9.17, 15) is 4.79 Å². The van der Waals surface area contributed by atoms with Crippen molar-refractivity contribution in [3.8, 4) is 17.2 Å². The van der Waals surface area contributed by atoms with Crippen molar-refractivity contribution in [1.82, 2.24) is 4.90 Å². The summed E-state index contributed by atoms with van der Waals surface area (Å²) in [6.07, 6.45) is 0. The van der Waals surface area contributed by atoms with Gasteiger partial charge in [0, 0.05) is 43.0 Å². The Morgan fingerprint density at radius 2 is 1.62 bits per heavy atom. The first kappa shape index (κ1) is 23.5. The fourth-order valence-electron chi connectivity index (χ4n) is 4.14. The third-order valence-corrected chi connectivity index (χ3v) is 6.09. The predicted octanol–water partition coefficient (Wildman–Crippen LogP) is 4.94. The quantitative estimate of drug-likeness (QED) is 0.476. The van der Waals surface area contributed by atoms with Gasteiger partial charge < -0.3 is 24.0 Å². The lowest BCUT2D eigenvalue weighted by Gasteiger charge is -2.36. The van der Waals surface area contributed by atoms with E-state index in [-0.39, 0.29) is 5.91 Å². The van der Waals surface area contributed by atoms with Gasteiger partial charge in [-0.05, 0) is 67.9 Å². The van der Waals surface area contributed by atoms with Gasteiger partial charge in [0.05, 0.1) is 13.7 Å². The molecule has 3 aromatic carbocycles. The molecular formula is C28H32N2O4. The number of piperazine rings is 1. The van der Waals surface area contributed by atoms with E-state index in [1.54, 1.807) is 7.11 Å². The van der Waals surface area contributed by atoms with E-state index >= 15 is 0 Å². The first-order valence-electron chi connectivity index (χ1n) is 11.7. The molecule has 1 fully saturated rings. The number of nitrogens with zero attached hydrogens (tertiary/aromatic N) is 2. The number of aryl methyl sites for hydroxylation is 1. The van der Waals surface area contributed by atoms with Gasteiger partial charge in [-0.1, -0.05) is 18.2 Å². The number of carbonyl (C=O) groups excluding carboxylic acids is 1. The highest BCUT2D eigenvalue weighted by atomic mass is 16.5. The number of anilines is 1. The molecule has 34 heavy (non-hydrogen) atoms. The zero-order chi connectivity index (χ0) is 23.9. The molecule has 3 aromatic rings. The average Bonchev–Trinajstić information content (AvgIpc) is 2.89. The molecule has 0 saturated carbocycles. The van der Waals surface area contributed by atoms with Crippen molar-refractivity contribution in [2.75, 3.05) is 44.8 Å². The molecule has 1 aliphatic heterocycles. The molecule has 1 saturated heterocycles. The topological polar surface area (TPSA) is 51.2 Å². The SMILES string of the molecule is CCOc1ccc(C(=O)N2CCN(c3ccc(OC)cc3)CC2)cc1COc1ccccc1C. The lowest BCUT2D eigenvalue weighted by molar-refractivity contribution is 0.0746. The summed E-state index contributed by atoms with van der Waals surface area (Å²) in [5.41, 5.74) is 3.74. The van der Waals surface area contributed by atoms with Crippen LogP contribution in [0.3, 0.4) is 0 Å². The monoisotopic (exact) mass is 460 g/mol. The molecule has 1 heterocycles. The van der Waals surface area contributed by atoms with Crippen molar-refractivity contribution in [3.05, 3.63) is 83.4 Å². The molecular weight excluding hydrogens is 428 g/mol. The molecule has 178 valence electrons. The van der Waals surface area contributed by atoms with Crippen LogP contribution in [0.15, 0.2) is 66.7 Å². The summed E-state index contributed by atoms with van der Waals surface area (Å²) in [7, 11) is 1.67. The van der Waals surface area contributed by atoms with Gasteiger partial charge in [0.1, 0.15) is 23.9 Å². The fraction of sp³-hybridized carbons (Fsp3) is 0.321. The number of amides is 1. The van der Waals surface area contributed by atoms with Gasteiger partial charge >= 0.3 is 0 Å². The van der Waals surface area contributed by atoms with Gasteiger partial charge in [-0.2, -0.15) is 0 Å². The minimum atomic E-state index is 0.0366. The zero-order valence-corrected chi connectivity index (χ0v) is 20.1. The highest BCUT2D eigenvalue weighted by Gasteiger charge is 2.23. The Balaban J connectivity index is 1.43. The summed E-state index contributed by atoms with van der Waals surface area (Å²) >= 11 is 0. The third kappa shape index (κ3) is 5.45. The Morgan fingerprint density at radius 1 is 0.882 bits per heavy atom. The van der Waals surface area contributed by atoms with Crippen LogP contribution in [-0.2, 0) is 6.61 Å². The maximum absolute atomic E-state index is 13.3. The number of para-hydroxylation sites is 1. The van der Waals surface area contributed by atoms with Gasteiger partial charge in [-0.25, -0.2) is 0 Å². The second-order valence-corrected chi connectivity index (χ2v) is 8.29. The Kier molecular flexibility index (Phi) is 7.58. The van der Waals surface area contributed by atoms with Crippen molar-refractivity contribution in [1.29, 1.82) is 0 Å². The highest BCUT2D eigenvalue weighted by Crippen LogP contribution is 2.26. The molecule has 0 N–H and O–H groups in total. The standard InChI is InChI=1S/C28H32N2O4/c1-4-33-27-14-9-22(19-23(27)20-34-26-8-6-5-7-21(26)2)28(31)30-17-15-29(16-18-30)24-10-12-25(32-3)13-11-24/h5-14,19H,4,15-18,20H2,1-3H3. The third-order valence-electron chi connectivity index (χ3n) is 6.09. The first-order chi connectivity index (χ1) is 16.6. The van der Waals surface area contributed by atoms with E-state index in [1.165, 1.54) is 0 Å². The normalized spacial score (nSPS) is 13.5. The number of carbonyl (C=O) groups is 1. The summed E-state index contributed by atoms with van der Waals surface area (Å²) < 4.78 is 17.1. The average molecular weight is 461 g/mol.